The number of nitrogens with zero attached hydrogens (tertiary/aromatic N) is 4. The fourth-order valence-corrected chi connectivity index (χ4v) is 5.08. The molecule has 0 aliphatic carbocycles. The third kappa shape index (κ3) is 4.01. The zero-order valence-corrected chi connectivity index (χ0v) is 19.0. The maximum atomic E-state index is 13.4. The molecule has 1 fully saturated rings. The first-order valence-corrected chi connectivity index (χ1v) is 12.1. The van der Waals surface area contributed by atoms with Gasteiger partial charge in [-0.2, -0.15) is 5.26 Å². The second-order valence-corrected chi connectivity index (χ2v) is 10.0. The summed E-state index contributed by atoms with van der Waals surface area (Å²) in [5.74, 6) is 0.406. The number of anilines is 1. The summed E-state index contributed by atoms with van der Waals surface area (Å²) in [6.45, 7) is 3.28. The van der Waals surface area contributed by atoms with Gasteiger partial charge in [0.25, 0.3) is 5.56 Å². The van der Waals surface area contributed by atoms with Crippen LogP contribution < -0.4 is 10.5 Å². The van der Waals surface area contributed by atoms with E-state index in [0.717, 1.165) is 30.9 Å². The van der Waals surface area contributed by atoms with E-state index in [1.54, 1.807) is 18.3 Å². The smallest absolute Gasteiger partial charge is 0.267 e. The molecule has 3 heterocycles. The SMILES string of the molecule is Cc1cccn2c(=O)c(/C=C(\C#N)S(=O)(=O)c3ccc(Cl)cc3)c(N3CCCCC3)nc12. The van der Waals surface area contributed by atoms with Gasteiger partial charge in [0.15, 0.2) is 0 Å². The lowest BCUT2D eigenvalue weighted by molar-refractivity contribution is 0.573. The van der Waals surface area contributed by atoms with Crippen molar-refractivity contribution in [3.05, 3.63) is 74.0 Å². The van der Waals surface area contributed by atoms with Gasteiger partial charge in [-0.3, -0.25) is 9.20 Å². The van der Waals surface area contributed by atoms with Crippen LogP contribution >= 0.6 is 11.6 Å². The lowest BCUT2D eigenvalue weighted by Crippen LogP contribution is -2.33. The molecule has 164 valence electrons. The van der Waals surface area contributed by atoms with Crippen LogP contribution in [0.1, 0.15) is 30.4 Å². The van der Waals surface area contributed by atoms with Gasteiger partial charge in [0, 0.05) is 24.3 Å². The number of halogens is 1. The predicted molar refractivity (Wildman–Crippen MR) is 124 cm³/mol. The number of sulfone groups is 1. The van der Waals surface area contributed by atoms with Gasteiger partial charge < -0.3 is 4.90 Å². The highest BCUT2D eigenvalue weighted by Gasteiger charge is 2.25. The Morgan fingerprint density at radius 3 is 2.50 bits per heavy atom. The minimum absolute atomic E-state index is 0.0704. The fourth-order valence-electron chi connectivity index (χ4n) is 3.82. The van der Waals surface area contributed by atoms with Crippen LogP contribution in [-0.4, -0.2) is 30.9 Å². The van der Waals surface area contributed by atoms with E-state index in [1.165, 1.54) is 28.7 Å². The summed E-state index contributed by atoms with van der Waals surface area (Å²) in [7, 11) is -4.14. The van der Waals surface area contributed by atoms with E-state index < -0.39 is 20.3 Å². The Hall–Kier alpha value is -3.15. The summed E-state index contributed by atoms with van der Waals surface area (Å²) < 4.78 is 27.6. The molecule has 3 aromatic rings. The molecule has 0 saturated carbocycles. The number of nitriles is 1. The van der Waals surface area contributed by atoms with Gasteiger partial charge in [-0.1, -0.05) is 17.7 Å². The Morgan fingerprint density at radius 1 is 1.16 bits per heavy atom. The van der Waals surface area contributed by atoms with E-state index in [2.05, 4.69) is 0 Å². The molecular weight excluding hydrogens is 448 g/mol. The maximum Gasteiger partial charge on any atom is 0.267 e. The number of pyridine rings is 1. The number of fused-ring (bicyclic) bond motifs is 1. The Kier molecular flexibility index (Phi) is 6.04. The Labute approximate surface area is 191 Å². The van der Waals surface area contributed by atoms with Crippen LogP contribution in [0.4, 0.5) is 5.82 Å². The van der Waals surface area contributed by atoms with Crippen molar-refractivity contribution in [2.45, 2.75) is 31.1 Å². The first-order valence-electron chi connectivity index (χ1n) is 10.2. The van der Waals surface area contributed by atoms with Gasteiger partial charge in [0.05, 0.1) is 10.5 Å². The maximum absolute atomic E-state index is 13.4. The number of hydrogen-bond donors (Lipinski definition) is 0. The number of benzene rings is 1. The zero-order valence-electron chi connectivity index (χ0n) is 17.5. The average Bonchev–Trinajstić information content (AvgIpc) is 2.79. The molecule has 0 atom stereocenters. The highest BCUT2D eigenvalue weighted by molar-refractivity contribution is 7.95. The third-order valence-electron chi connectivity index (χ3n) is 5.52. The summed E-state index contributed by atoms with van der Waals surface area (Å²) in [6.07, 6.45) is 5.73. The number of rotatable bonds is 4. The molecule has 1 saturated heterocycles. The third-order valence-corrected chi connectivity index (χ3v) is 7.45. The van der Waals surface area contributed by atoms with Crippen LogP contribution in [0.3, 0.4) is 0 Å². The standard InChI is InChI=1S/C23H21ClN4O3S/c1-16-6-5-13-28-21(16)26-22(27-11-3-2-4-12-27)20(23(28)29)14-19(15-25)32(30,31)18-9-7-17(24)8-10-18/h5-10,13-14H,2-4,11-12H2,1H3/b19-14+. The monoisotopic (exact) mass is 468 g/mol. The highest BCUT2D eigenvalue weighted by Crippen LogP contribution is 2.27. The Balaban J connectivity index is 1.96. The Bertz CT molecular complexity index is 1410. The first kappa shape index (κ1) is 22.1. The number of aryl methyl sites for hydroxylation is 1. The Morgan fingerprint density at radius 2 is 1.84 bits per heavy atom. The lowest BCUT2D eigenvalue weighted by atomic mass is 10.1. The largest absolute Gasteiger partial charge is 0.356 e. The molecule has 9 heteroatoms. The average molecular weight is 469 g/mol. The summed E-state index contributed by atoms with van der Waals surface area (Å²) >= 11 is 5.87. The topological polar surface area (TPSA) is 95.5 Å². The molecule has 0 amide bonds. The first-order chi connectivity index (χ1) is 15.3. The van der Waals surface area contributed by atoms with Crippen molar-refractivity contribution in [1.29, 1.82) is 5.26 Å². The minimum atomic E-state index is -4.14. The number of allylic oxidation sites excluding steroid dienone is 1. The molecule has 32 heavy (non-hydrogen) atoms. The van der Waals surface area contributed by atoms with E-state index in [9.17, 15) is 18.5 Å². The van der Waals surface area contributed by atoms with Gasteiger partial charge in [0.2, 0.25) is 9.84 Å². The van der Waals surface area contributed by atoms with Crippen molar-refractivity contribution in [2.24, 2.45) is 0 Å². The van der Waals surface area contributed by atoms with Crippen molar-refractivity contribution in [2.75, 3.05) is 18.0 Å². The van der Waals surface area contributed by atoms with Crippen LogP contribution in [0.25, 0.3) is 11.7 Å². The molecule has 1 aliphatic rings. The van der Waals surface area contributed by atoms with E-state index in [1.807, 2.05) is 17.9 Å². The van der Waals surface area contributed by atoms with Gasteiger partial charge in [-0.15, -0.1) is 0 Å². The van der Waals surface area contributed by atoms with Crippen LogP contribution in [0, 0.1) is 18.3 Å². The molecule has 4 rings (SSSR count). The fraction of sp³-hybridized carbons (Fsp3) is 0.261. The number of hydrogen-bond acceptors (Lipinski definition) is 6. The zero-order chi connectivity index (χ0) is 22.9. The molecule has 0 unspecified atom stereocenters. The van der Waals surface area contributed by atoms with E-state index in [0.29, 0.717) is 29.6 Å². The molecule has 1 aromatic carbocycles. The van der Waals surface area contributed by atoms with Gasteiger partial charge >= 0.3 is 0 Å². The summed E-state index contributed by atoms with van der Waals surface area (Å²) in [6, 6.07) is 10.9. The second kappa shape index (κ2) is 8.77. The van der Waals surface area contributed by atoms with Gasteiger partial charge in [-0.25, -0.2) is 13.4 Å². The molecule has 2 aromatic heterocycles. The second-order valence-electron chi connectivity index (χ2n) is 7.66. The van der Waals surface area contributed by atoms with Crippen molar-refractivity contribution < 1.29 is 8.42 Å². The molecule has 0 N–H and O–H groups in total. The molecule has 0 bridgehead atoms. The summed E-state index contributed by atoms with van der Waals surface area (Å²) in [5.41, 5.74) is 1.00. The summed E-state index contributed by atoms with van der Waals surface area (Å²) in [4.78, 5) is 19.6. The summed E-state index contributed by atoms with van der Waals surface area (Å²) in [5, 5.41) is 10.1. The van der Waals surface area contributed by atoms with Crippen LogP contribution in [0.5, 0.6) is 0 Å². The van der Waals surface area contributed by atoms with Crippen LogP contribution in [-0.2, 0) is 9.84 Å². The number of piperidine rings is 1. The van der Waals surface area contributed by atoms with E-state index in [-0.39, 0.29) is 10.5 Å². The van der Waals surface area contributed by atoms with Gasteiger partial charge in [0.1, 0.15) is 22.4 Å². The highest BCUT2D eigenvalue weighted by atomic mass is 35.5. The molecule has 1 aliphatic heterocycles. The van der Waals surface area contributed by atoms with Crippen molar-refractivity contribution in [3.8, 4) is 6.07 Å². The quantitative estimate of drug-likeness (QED) is 0.537. The molecule has 0 radical (unpaired) electrons. The van der Waals surface area contributed by atoms with E-state index in [4.69, 9.17) is 16.6 Å². The van der Waals surface area contributed by atoms with Gasteiger partial charge in [-0.05, 0) is 68.2 Å². The lowest BCUT2D eigenvalue weighted by Gasteiger charge is -2.29. The molecular formula is C23H21ClN4O3S. The normalized spacial score (nSPS) is 15.0. The minimum Gasteiger partial charge on any atom is -0.356 e. The van der Waals surface area contributed by atoms with Crippen molar-refractivity contribution >= 4 is 39.0 Å². The van der Waals surface area contributed by atoms with Crippen LogP contribution in [0.2, 0.25) is 5.02 Å². The predicted octanol–water partition coefficient (Wildman–Crippen LogP) is 3.99. The van der Waals surface area contributed by atoms with Crippen molar-refractivity contribution in [1.82, 2.24) is 9.38 Å². The molecule has 7 nitrogen and oxygen atoms in total. The van der Waals surface area contributed by atoms with Crippen LogP contribution in [0.15, 0.2) is 57.2 Å². The van der Waals surface area contributed by atoms with E-state index >= 15 is 0 Å². The number of aromatic nitrogens is 2. The van der Waals surface area contributed by atoms with Crippen molar-refractivity contribution in [3.63, 3.8) is 0 Å². The molecule has 0 spiro atoms.